The molecule has 0 heterocycles. The van der Waals surface area contributed by atoms with Gasteiger partial charge >= 0.3 is 264 Å². The molecule has 2 aliphatic rings. The first-order chi connectivity index (χ1) is 19.1. The van der Waals surface area contributed by atoms with Crippen LogP contribution in [-0.4, -0.2) is 8.07 Å². The van der Waals surface area contributed by atoms with Crippen molar-refractivity contribution in [2.75, 3.05) is 0 Å². The molecule has 0 amide bonds. The molecule has 1 saturated carbocycles. The van der Waals surface area contributed by atoms with Gasteiger partial charge < -0.3 is 37.2 Å². The smallest absolute Gasteiger partial charge is 1.00 e. The molecule has 4 atom stereocenters. The summed E-state index contributed by atoms with van der Waals surface area (Å²) in [7, 11) is -2.56. The number of aryl methyl sites for hydroxylation is 4. The predicted octanol–water partition coefficient (Wildman–Crippen LogP) is -0.535. The summed E-state index contributed by atoms with van der Waals surface area (Å²) in [5, 5.41) is 4.79. The van der Waals surface area contributed by atoms with Crippen LogP contribution in [0, 0.1) is 39.5 Å². The van der Waals surface area contributed by atoms with Crippen molar-refractivity contribution in [1.29, 1.82) is 0 Å². The van der Waals surface area contributed by atoms with Crippen molar-refractivity contribution in [2.45, 2.75) is 96.3 Å². The topological polar surface area (TPSA) is 0 Å². The standard InChI is InChI=1S/C39H49Si.3ClH.Ti/c1-26-15-27(2)18-34(17-26)40(35-19-28(3)16-29(4)20-35,36-21-30-13-11-12-14-31(30)22-36)37-24-32(38(5,6)7)23-33(25-37)39(8,9)10;;;;/h11-21,23-25,30-31,36H,22H2,1-10H3;3*1H;/q;;;;+3/p-3. The van der Waals surface area contributed by atoms with Crippen LogP contribution < -0.4 is 52.8 Å². The molecule has 0 aromatic heterocycles. The number of hydrogen-bond acceptors (Lipinski definition) is 0. The molecule has 5 rings (SSSR count). The normalized spacial score (nSPS) is 21.2. The molecule has 234 valence electrons. The molecule has 0 N–H and O–H groups in total. The van der Waals surface area contributed by atoms with Crippen LogP contribution in [0.4, 0.5) is 0 Å². The van der Waals surface area contributed by atoms with E-state index in [1.165, 1.54) is 39.8 Å². The summed E-state index contributed by atoms with van der Waals surface area (Å²) in [5.74, 6) is 1.23. The second-order valence-electron chi connectivity index (χ2n) is 15.2. The third-order valence-electron chi connectivity index (χ3n) is 9.70. The number of benzene rings is 3. The van der Waals surface area contributed by atoms with Gasteiger partial charge in [0.15, 0.2) is 0 Å². The minimum absolute atomic E-state index is 0. The van der Waals surface area contributed by atoms with E-state index in [0.29, 0.717) is 21.6 Å². The van der Waals surface area contributed by atoms with Gasteiger partial charge in [0.1, 0.15) is 0 Å². The van der Waals surface area contributed by atoms with E-state index in [0.717, 1.165) is 0 Å². The molecule has 1 fully saturated rings. The van der Waals surface area contributed by atoms with E-state index in [4.69, 9.17) is 0 Å². The Bertz CT molecular complexity index is 1400. The van der Waals surface area contributed by atoms with E-state index in [-0.39, 0.29) is 48.1 Å². The Balaban J connectivity index is 0.00000225. The van der Waals surface area contributed by atoms with Crippen LogP contribution in [0.15, 0.2) is 78.9 Å². The van der Waals surface area contributed by atoms with Crippen molar-refractivity contribution < 1.29 is 57.7 Å². The molecular weight excluding hydrogens is 651 g/mol. The fraction of sp³-hybridized carbons (Fsp3) is 0.436. The van der Waals surface area contributed by atoms with E-state index in [1.54, 1.807) is 15.6 Å². The van der Waals surface area contributed by atoms with Gasteiger partial charge in [-0.1, -0.05) is 0 Å². The Morgan fingerprint density at radius 2 is 0.955 bits per heavy atom. The van der Waals surface area contributed by atoms with E-state index in [2.05, 4.69) is 169 Å². The summed E-state index contributed by atoms with van der Waals surface area (Å²) in [5.41, 5.74) is 9.19. The molecule has 3 aromatic rings. The third-order valence-corrected chi connectivity index (χ3v) is 16.8. The third kappa shape index (κ3) is 7.40. The van der Waals surface area contributed by atoms with Crippen LogP contribution in [0.3, 0.4) is 0 Å². The predicted molar refractivity (Wildman–Crippen MR) is 178 cm³/mol. The average molecular weight is 700 g/mol. The molecule has 0 nitrogen and oxygen atoms in total. The van der Waals surface area contributed by atoms with Crippen molar-refractivity contribution in [3.05, 3.63) is 112 Å². The van der Waals surface area contributed by atoms with Crippen LogP contribution in [0.5, 0.6) is 0 Å². The minimum atomic E-state index is -2.56. The van der Waals surface area contributed by atoms with E-state index < -0.39 is 8.07 Å². The molecule has 44 heavy (non-hydrogen) atoms. The fourth-order valence-corrected chi connectivity index (χ4v) is 15.9. The van der Waals surface area contributed by atoms with Crippen molar-refractivity contribution in [3.8, 4) is 0 Å². The first kappa shape index (κ1) is 39.1. The molecule has 0 aliphatic heterocycles. The van der Waals surface area contributed by atoms with E-state index >= 15 is 0 Å². The van der Waals surface area contributed by atoms with Crippen molar-refractivity contribution in [3.63, 3.8) is 0 Å². The summed E-state index contributed by atoms with van der Waals surface area (Å²) >= 11 is 2.57. The Morgan fingerprint density at radius 1 is 0.568 bits per heavy atom. The molecule has 5 heteroatoms. The van der Waals surface area contributed by atoms with Crippen LogP contribution >= 0.6 is 0 Å². The number of allylic oxidation sites excluding steroid dienone is 4. The molecule has 0 spiro atoms. The van der Waals surface area contributed by atoms with Crippen LogP contribution in [-0.2, 0) is 31.3 Å². The Labute approximate surface area is 299 Å². The number of fused-ring (bicyclic) bond motifs is 1. The number of hydrogen-bond donors (Lipinski definition) is 0. The summed E-state index contributed by atoms with van der Waals surface area (Å²) in [6.45, 7) is 23.5. The first-order valence-corrected chi connectivity index (χ1v) is 18.5. The van der Waals surface area contributed by atoms with Crippen molar-refractivity contribution >= 4 is 23.6 Å². The summed E-state index contributed by atoms with van der Waals surface area (Å²) in [6.07, 6.45) is 10.9. The minimum Gasteiger partial charge on any atom is -1.00 e. The van der Waals surface area contributed by atoms with Gasteiger partial charge in [-0.15, -0.1) is 0 Å². The summed E-state index contributed by atoms with van der Waals surface area (Å²) in [6, 6.07) is 22.8. The molecule has 4 unspecified atom stereocenters. The molecule has 0 bridgehead atoms. The summed E-state index contributed by atoms with van der Waals surface area (Å²) < 4.78 is 0.603. The second-order valence-corrected chi connectivity index (χ2v) is 20.4. The van der Waals surface area contributed by atoms with Crippen molar-refractivity contribution in [2.24, 2.45) is 11.8 Å². The van der Waals surface area contributed by atoms with Gasteiger partial charge in [-0.25, -0.2) is 0 Å². The number of halogens is 3. The van der Waals surface area contributed by atoms with Gasteiger partial charge in [-0.3, -0.25) is 0 Å². The van der Waals surface area contributed by atoms with Crippen LogP contribution in [0.1, 0.15) is 81.3 Å². The molecule has 3 aromatic carbocycles. The van der Waals surface area contributed by atoms with Gasteiger partial charge in [0.25, 0.3) is 0 Å². The van der Waals surface area contributed by atoms with Crippen LogP contribution in [0.25, 0.3) is 0 Å². The molecule has 2 aliphatic carbocycles. The zero-order chi connectivity index (χ0) is 29.9. The summed E-state index contributed by atoms with van der Waals surface area (Å²) in [4.78, 5) is 0. The Hall–Kier alpha value is -1.06. The average Bonchev–Trinajstić information content (AvgIpc) is 3.19. The molecular formula is C39H49Cl3SiTi. The molecule has 0 radical (unpaired) electrons. The first-order valence-electron chi connectivity index (χ1n) is 15.5. The SMILES string of the molecule is Cc1cc(C)cc([Si](c2cc(C)cc(C)c2)(c2cc(C(C)(C)C)cc(C(C)(C)C)c2)C2CC3C=CC=CC3[CH]2[Ti+3])c1.[Cl-].[Cl-].[Cl-]. The van der Waals surface area contributed by atoms with E-state index in [9.17, 15) is 0 Å². The van der Waals surface area contributed by atoms with Crippen molar-refractivity contribution in [1.82, 2.24) is 0 Å². The monoisotopic (exact) mass is 698 g/mol. The van der Waals surface area contributed by atoms with Gasteiger partial charge in [0.05, 0.1) is 0 Å². The number of rotatable bonds is 4. The van der Waals surface area contributed by atoms with Gasteiger partial charge in [-0.2, -0.15) is 0 Å². The largest absolute Gasteiger partial charge is 1.00 e. The van der Waals surface area contributed by atoms with Gasteiger partial charge in [0, 0.05) is 0 Å². The van der Waals surface area contributed by atoms with E-state index in [1.807, 2.05) is 0 Å². The van der Waals surface area contributed by atoms with Crippen LogP contribution in [0.2, 0.25) is 9.76 Å². The second kappa shape index (κ2) is 14.4. The maximum Gasteiger partial charge on any atom is -1.00 e. The Kier molecular flexibility index (Phi) is 12.8. The molecule has 0 saturated heterocycles. The zero-order valence-corrected chi connectivity index (χ0v) is 33.0. The quantitative estimate of drug-likeness (QED) is 0.254. The Morgan fingerprint density at radius 3 is 1.34 bits per heavy atom. The maximum atomic E-state index is 2.65. The van der Waals surface area contributed by atoms with Gasteiger partial charge in [0.2, 0.25) is 0 Å². The maximum absolute atomic E-state index is 2.65. The zero-order valence-electron chi connectivity index (χ0n) is 28.2. The van der Waals surface area contributed by atoms with Gasteiger partial charge in [-0.05, 0) is 0 Å². The fourth-order valence-electron chi connectivity index (χ4n) is 7.71.